The van der Waals surface area contributed by atoms with Crippen LogP contribution in [-0.2, 0) is 30.9 Å². The molecule has 1 aliphatic rings. The van der Waals surface area contributed by atoms with Gasteiger partial charge in [0.2, 0.25) is 21.6 Å². The first kappa shape index (κ1) is 25.1. The van der Waals surface area contributed by atoms with Gasteiger partial charge >= 0.3 is 0 Å². The number of carbonyl (C=O) groups excluding carboxylic acids is 2. The molecule has 0 aliphatic carbocycles. The van der Waals surface area contributed by atoms with E-state index in [4.69, 9.17) is 19.1 Å². The minimum absolute atomic E-state index is 0.0936. The van der Waals surface area contributed by atoms with E-state index in [-0.39, 0.29) is 36.7 Å². The number of morpholine rings is 1. The van der Waals surface area contributed by atoms with Crippen molar-refractivity contribution in [3.63, 3.8) is 0 Å². The van der Waals surface area contributed by atoms with Crippen molar-refractivity contribution in [1.29, 1.82) is 0 Å². The lowest BCUT2D eigenvalue weighted by atomic mass is 10.1. The highest BCUT2D eigenvalue weighted by atomic mass is 32.2. The van der Waals surface area contributed by atoms with Gasteiger partial charge in [-0.3, -0.25) is 9.59 Å². The number of amides is 2. The number of primary sulfonamides is 1. The largest absolute Gasteiger partial charge is 0.539 e. The van der Waals surface area contributed by atoms with Crippen molar-refractivity contribution in [1.82, 2.24) is 10.2 Å². The van der Waals surface area contributed by atoms with Crippen LogP contribution in [0.2, 0.25) is 0 Å². The zero-order valence-electron chi connectivity index (χ0n) is 19.1. The summed E-state index contributed by atoms with van der Waals surface area (Å²) in [5.74, 6) is -1.05. The average molecular weight is 518 g/mol. The van der Waals surface area contributed by atoms with Gasteiger partial charge in [-0.25, -0.2) is 13.6 Å². The molecule has 1 saturated heterocycles. The first-order valence-corrected chi connectivity index (χ1v) is 12.3. The minimum Gasteiger partial charge on any atom is -0.539 e. The number of sulfonamides is 1. The SMILES string of the molecule is COc1ccc(-[n+]2noc([O-])c2CN2CCOC(CC(=O)Nc3ccc(S(N)(=O)=O)cc3)C2=O)cc1. The normalized spacial score (nSPS) is 16.1. The van der Waals surface area contributed by atoms with Gasteiger partial charge < -0.3 is 29.3 Å². The van der Waals surface area contributed by atoms with E-state index in [1.54, 1.807) is 24.3 Å². The van der Waals surface area contributed by atoms with Crippen molar-refractivity contribution in [3.8, 4) is 17.4 Å². The lowest BCUT2D eigenvalue weighted by Gasteiger charge is -2.31. The minimum atomic E-state index is -3.86. The number of benzene rings is 2. The Hall–Kier alpha value is -4.01. The number of nitrogens with zero attached hydrogens (tertiary/aromatic N) is 3. The molecule has 1 fully saturated rings. The summed E-state index contributed by atoms with van der Waals surface area (Å²) < 4.78 is 39.5. The molecule has 2 aromatic carbocycles. The molecule has 0 saturated carbocycles. The number of rotatable bonds is 8. The Bertz CT molecular complexity index is 1360. The topological polar surface area (TPSA) is 181 Å². The highest BCUT2D eigenvalue weighted by Gasteiger charge is 2.34. The maximum atomic E-state index is 13.0. The first-order valence-electron chi connectivity index (χ1n) is 10.7. The Labute approximate surface area is 206 Å². The zero-order valence-corrected chi connectivity index (χ0v) is 19.9. The van der Waals surface area contributed by atoms with E-state index in [2.05, 4.69) is 10.6 Å². The lowest BCUT2D eigenvalue weighted by Crippen LogP contribution is -2.50. The van der Waals surface area contributed by atoms with E-state index < -0.39 is 33.9 Å². The third kappa shape index (κ3) is 5.62. The van der Waals surface area contributed by atoms with Gasteiger partial charge in [0.1, 0.15) is 18.4 Å². The number of hydrogen-bond acceptors (Lipinski definition) is 9. The second-order valence-corrected chi connectivity index (χ2v) is 9.42. The van der Waals surface area contributed by atoms with Crippen LogP contribution in [0.3, 0.4) is 0 Å². The van der Waals surface area contributed by atoms with Gasteiger partial charge in [0.05, 0.1) is 30.3 Å². The van der Waals surface area contributed by atoms with E-state index in [1.807, 2.05) is 0 Å². The van der Waals surface area contributed by atoms with Crippen LogP contribution in [0, 0.1) is 0 Å². The number of methoxy groups -OCH3 is 1. The molecule has 4 rings (SSSR count). The Kier molecular flexibility index (Phi) is 7.19. The molecule has 36 heavy (non-hydrogen) atoms. The second kappa shape index (κ2) is 10.3. The van der Waals surface area contributed by atoms with Crippen LogP contribution < -0.4 is 25.0 Å². The molecule has 3 N–H and O–H groups in total. The van der Waals surface area contributed by atoms with Crippen molar-refractivity contribution >= 4 is 27.5 Å². The standard InChI is InChI=1S/C22H23N5O8S/c1-33-16-6-4-15(5-7-16)27-18(22(30)35-25-27)13-26-10-11-34-19(21(26)29)12-20(28)24-14-2-8-17(9-3-14)36(23,31)32/h2-9,19H,10-13H2,1H3,(H3-,23,24,25,28,30,31,32). The number of aromatic nitrogens is 2. The highest BCUT2D eigenvalue weighted by molar-refractivity contribution is 7.89. The molecular weight excluding hydrogens is 494 g/mol. The van der Waals surface area contributed by atoms with Crippen LogP contribution in [-0.4, -0.2) is 56.8 Å². The van der Waals surface area contributed by atoms with E-state index in [0.717, 1.165) is 0 Å². The van der Waals surface area contributed by atoms with Crippen molar-refractivity contribution in [2.45, 2.75) is 24.0 Å². The number of ether oxygens (including phenoxy) is 2. The third-order valence-corrected chi connectivity index (χ3v) is 6.39. The summed E-state index contributed by atoms with van der Waals surface area (Å²) in [4.78, 5) is 26.8. The summed E-state index contributed by atoms with van der Waals surface area (Å²) in [5.41, 5.74) is 1.00. The fourth-order valence-corrected chi connectivity index (χ4v) is 4.12. The van der Waals surface area contributed by atoms with Crippen molar-refractivity contribution in [2.24, 2.45) is 5.14 Å². The second-order valence-electron chi connectivity index (χ2n) is 7.86. The molecule has 1 unspecified atom stereocenters. The summed E-state index contributed by atoms with van der Waals surface area (Å²) in [6, 6.07) is 12.0. The highest BCUT2D eigenvalue weighted by Crippen LogP contribution is 2.20. The van der Waals surface area contributed by atoms with Crippen LogP contribution in [0.4, 0.5) is 5.69 Å². The molecule has 0 radical (unpaired) electrons. The summed E-state index contributed by atoms with van der Waals surface area (Å²) in [6.07, 6.45) is -1.34. The number of nitrogens with one attached hydrogen (secondary N) is 1. The molecule has 1 aromatic heterocycles. The fraction of sp³-hybridized carbons (Fsp3) is 0.273. The molecule has 1 atom stereocenters. The predicted octanol–water partition coefficient (Wildman–Crippen LogP) is -0.563. The number of carbonyl (C=O) groups is 2. The van der Waals surface area contributed by atoms with Crippen LogP contribution in [0.25, 0.3) is 5.69 Å². The van der Waals surface area contributed by atoms with Gasteiger partial charge in [-0.05, 0) is 41.1 Å². The summed E-state index contributed by atoms with van der Waals surface area (Å²) >= 11 is 0. The number of anilines is 1. The monoisotopic (exact) mass is 517 g/mol. The molecule has 0 bridgehead atoms. The molecule has 1 aliphatic heterocycles. The maximum absolute atomic E-state index is 13.0. The Morgan fingerprint density at radius 3 is 2.58 bits per heavy atom. The van der Waals surface area contributed by atoms with Crippen LogP contribution in [0.15, 0.2) is 57.9 Å². The molecule has 2 amide bonds. The zero-order chi connectivity index (χ0) is 25.9. The molecule has 14 heteroatoms. The van der Waals surface area contributed by atoms with E-state index in [1.165, 1.54) is 41.0 Å². The molecular formula is C22H23N5O8S. The van der Waals surface area contributed by atoms with Crippen LogP contribution in [0.5, 0.6) is 11.7 Å². The third-order valence-electron chi connectivity index (χ3n) is 5.46. The first-order chi connectivity index (χ1) is 17.2. The summed E-state index contributed by atoms with van der Waals surface area (Å²) in [7, 11) is -2.32. The van der Waals surface area contributed by atoms with E-state index >= 15 is 0 Å². The smallest absolute Gasteiger partial charge is 0.259 e. The maximum Gasteiger partial charge on any atom is 0.259 e. The molecule has 2 heterocycles. The van der Waals surface area contributed by atoms with Crippen molar-refractivity contribution < 1.29 is 41.8 Å². The van der Waals surface area contributed by atoms with Gasteiger partial charge in [-0.2, -0.15) is 0 Å². The van der Waals surface area contributed by atoms with Gasteiger partial charge in [-0.15, -0.1) is 0 Å². The molecule has 13 nitrogen and oxygen atoms in total. The van der Waals surface area contributed by atoms with E-state index in [9.17, 15) is 23.1 Å². The summed E-state index contributed by atoms with van der Waals surface area (Å²) in [5, 5.41) is 23.7. The number of nitrogens with two attached hydrogens (primary N) is 1. The number of hydrogen-bond donors (Lipinski definition) is 2. The van der Waals surface area contributed by atoms with Crippen molar-refractivity contribution in [2.75, 3.05) is 25.6 Å². The van der Waals surface area contributed by atoms with Crippen LogP contribution >= 0.6 is 0 Å². The summed E-state index contributed by atoms with van der Waals surface area (Å²) in [6.45, 7) is 0.275. The molecule has 3 aromatic rings. The van der Waals surface area contributed by atoms with Crippen LogP contribution in [0.1, 0.15) is 12.1 Å². The van der Waals surface area contributed by atoms with Crippen molar-refractivity contribution in [3.05, 3.63) is 54.2 Å². The van der Waals surface area contributed by atoms with Gasteiger partial charge in [-0.1, -0.05) is 0 Å². The Balaban J connectivity index is 1.42. The lowest BCUT2D eigenvalue weighted by molar-refractivity contribution is -0.678. The average Bonchev–Trinajstić information content (AvgIpc) is 3.21. The quantitative estimate of drug-likeness (QED) is 0.370. The Morgan fingerprint density at radius 1 is 1.25 bits per heavy atom. The molecule has 190 valence electrons. The fourth-order valence-electron chi connectivity index (χ4n) is 3.61. The molecule has 0 spiro atoms. The van der Waals surface area contributed by atoms with Gasteiger partial charge in [0.15, 0.2) is 5.95 Å². The predicted molar refractivity (Wildman–Crippen MR) is 120 cm³/mol. The van der Waals surface area contributed by atoms with Gasteiger partial charge in [0, 0.05) is 24.4 Å². The van der Waals surface area contributed by atoms with Gasteiger partial charge in [0.25, 0.3) is 11.6 Å². The Morgan fingerprint density at radius 2 is 1.94 bits per heavy atom. The van der Waals surface area contributed by atoms with E-state index in [0.29, 0.717) is 17.1 Å².